The minimum Gasteiger partial charge on any atom is -0.291 e. The number of Topliss-reactive ketones (excluding diaryl/α,β-unsaturated/α-hetero) is 1. The number of fused-ring (bicyclic) bond motifs is 2. The molecule has 25 heavy (non-hydrogen) atoms. The maximum Gasteiger partial charge on any atom is 0.192 e. The Kier molecular flexibility index (Phi) is 3.14. The maximum atomic E-state index is 13.2. The van der Waals surface area contributed by atoms with Crippen LogP contribution in [0, 0.1) is 17.2 Å². The Morgan fingerprint density at radius 1 is 1.32 bits per heavy atom. The molecule has 0 aliphatic heterocycles. The molecule has 2 aromatic rings. The van der Waals surface area contributed by atoms with E-state index in [1.54, 1.807) is 12.4 Å². The minimum absolute atomic E-state index is 0.00607. The molecule has 2 aromatic heterocycles. The average Bonchev–Trinajstić information content (AvgIpc) is 3.37. The highest BCUT2D eigenvalue weighted by atomic mass is 16.1. The highest BCUT2D eigenvalue weighted by Gasteiger charge is 2.40. The predicted octanol–water partition coefficient (Wildman–Crippen LogP) is 3.90. The molecule has 1 saturated carbocycles. The third-order valence-corrected chi connectivity index (χ3v) is 5.94. The number of aromatic nitrogens is 3. The van der Waals surface area contributed by atoms with E-state index in [1.807, 2.05) is 22.9 Å². The zero-order valence-electron chi connectivity index (χ0n) is 13.9. The molecule has 1 unspecified atom stereocenters. The third kappa shape index (κ3) is 1.97. The predicted molar refractivity (Wildman–Crippen MR) is 92.8 cm³/mol. The zero-order valence-corrected chi connectivity index (χ0v) is 13.9. The molecule has 0 N–H and O–H groups in total. The van der Waals surface area contributed by atoms with Crippen molar-refractivity contribution < 1.29 is 4.79 Å². The molecule has 5 nitrogen and oxygen atoms in total. The van der Waals surface area contributed by atoms with Crippen molar-refractivity contribution in [3.05, 3.63) is 41.5 Å². The molecule has 0 aromatic carbocycles. The number of carbonyl (C=O) groups excluding carboxylic acids is 1. The van der Waals surface area contributed by atoms with Gasteiger partial charge < -0.3 is 0 Å². The number of allylic oxidation sites excluding steroid dienone is 1. The lowest BCUT2D eigenvalue weighted by atomic mass is 9.82. The van der Waals surface area contributed by atoms with Crippen molar-refractivity contribution in [2.75, 3.05) is 0 Å². The molecule has 2 heterocycles. The van der Waals surface area contributed by atoms with E-state index < -0.39 is 0 Å². The Morgan fingerprint density at radius 2 is 2.16 bits per heavy atom. The van der Waals surface area contributed by atoms with Crippen molar-refractivity contribution in [2.24, 2.45) is 5.92 Å². The molecule has 0 saturated heterocycles. The smallest absolute Gasteiger partial charge is 0.192 e. The van der Waals surface area contributed by atoms with Crippen LogP contribution >= 0.6 is 0 Å². The van der Waals surface area contributed by atoms with E-state index in [4.69, 9.17) is 0 Å². The fourth-order valence-electron chi connectivity index (χ4n) is 4.78. The average molecular weight is 330 g/mol. The van der Waals surface area contributed by atoms with E-state index >= 15 is 0 Å². The lowest BCUT2D eigenvalue weighted by Crippen LogP contribution is -2.26. The van der Waals surface area contributed by atoms with Gasteiger partial charge in [-0.25, -0.2) is 0 Å². The summed E-state index contributed by atoms with van der Waals surface area (Å²) < 4.78 is 1.87. The van der Waals surface area contributed by atoms with Gasteiger partial charge in [-0.2, -0.15) is 10.4 Å². The van der Waals surface area contributed by atoms with Gasteiger partial charge >= 0.3 is 0 Å². The second-order valence-corrected chi connectivity index (χ2v) is 7.18. The van der Waals surface area contributed by atoms with Crippen LogP contribution in [0.2, 0.25) is 0 Å². The van der Waals surface area contributed by atoms with Gasteiger partial charge in [0, 0.05) is 17.3 Å². The van der Waals surface area contributed by atoms with Crippen molar-refractivity contribution in [3.63, 3.8) is 0 Å². The van der Waals surface area contributed by atoms with Crippen LogP contribution < -0.4 is 0 Å². The van der Waals surface area contributed by atoms with E-state index in [2.05, 4.69) is 16.2 Å². The summed E-state index contributed by atoms with van der Waals surface area (Å²) in [4.78, 5) is 17.6. The Hall–Kier alpha value is -2.74. The van der Waals surface area contributed by atoms with Crippen LogP contribution in [0.15, 0.2) is 24.5 Å². The largest absolute Gasteiger partial charge is 0.291 e. The monoisotopic (exact) mass is 330 g/mol. The fourth-order valence-corrected chi connectivity index (χ4v) is 4.78. The molecule has 5 rings (SSSR count). The number of nitrogens with zero attached hydrogens (tertiary/aromatic N) is 4. The highest BCUT2D eigenvalue weighted by Crippen LogP contribution is 2.46. The SMILES string of the molecule is N#CC[C@@H](C1CCCC1)n1ncc2c1C(=O)C1C=Cc3nccc-2c31. The normalized spacial score (nSPS) is 21.9. The maximum absolute atomic E-state index is 13.2. The molecular weight excluding hydrogens is 312 g/mol. The molecule has 0 radical (unpaired) electrons. The summed E-state index contributed by atoms with van der Waals surface area (Å²) in [6.45, 7) is 0. The second kappa shape index (κ2) is 5.38. The Bertz CT molecular complexity index is 943. The summed E-state index contributed by atoms with van der Waals surface area (Å²) in [5, 5.41) is 13.9. The first-order valence-electron chi connectivity index (χ1n) is 8.95. The second-order valence-electron chi connectivity index (χ2n) is 7.18. The first kappa shape index (κ1) is 14.6. The number of hydrogen-bond acceptors (Lipinski definition) is 4. The van der Waals surface area contributed by atoms with E-state index in [9.17, 15) is 10.1 Å². The van der Waals surface area contributed by atoms with Crippen molar-refractivity contribution in [1.82, 2.24) is 14.8 Å². The first-order valence-corrected chi connectivity index (χ1v) is 8.95. The van der Waals surface area contributed by atoms with Crippen LogP contribution in [0.25, 0.3) is 17.2 Å². The van der Waals surface area contributed by atoms with Gasteiger partial charge in [-0.05, 0) is 36.5 Å². The van der Waals surface area contributed by atoms with E-state index in [0.29, 0.717) is 18.0 Å². The summed E-state index contributed by atoms with van der Waals surface area (Å²) in [5.74, 6) is 0.266. The number of carbonyl (C=O) groups is 1. The van der Waals surface area contributed by atoms with E-state index in [-0.39, 0.29) is 17.7 Å². The number of nitriles is 1. The third-order valence-electron chi connectivity index (χ3n) is 5.94. The number of rotatable bonds is 3. The van der Waals surface area contributed by atoms with Gasteiger partial charge in [-0.15, -0.1) is 0 Å². The number of pyridine rings is 1. The molecule has 124 valence electrons. The van der Waals surface area contributed by atoms with Crippen LogP contribution in [0.3, 0.4) is 0 Å². The van der Waals surface area contributed by atoms with Crippen LogP contribution in [0.1, 0.15) is 65.8 Å². The molecule has 5 heteroatoms. The van der Waals surface area contributed by atoms with Gasteiger partial charge in [-0.3, -0.25) is 14.5 Å². The summed E-state index contributed by atoms with van der Waals surface area (Å²) in [6, 6.07) is 4.28. The van der Waals surface area contributed by atoms with E-state index in [0.717, 1.165) is 35.2 Å². The Morgan fingerprint density at radius 3 is 2.96 bits per heavy atom. The summed E-state index contributed by atoms with van der Waals surface area (Å²) >= 11 is 0. The van der Waals surface area contributed by atoms with Crippen LogP contribution in [-0.4, -0.2) is 20.5 Å². The lowest BCUT2D eigenvalue weighted by molar-refractivity contribution is 0.0959. The standard InChI is InChI=1S/C20H18N4O/c21-9-7-17(12-3-1-2-4-12)24-19-15(11-23-24)13-8-10-22-16-6-5-14(18(13)16)20(19)25/h5-6,8,10-12,14,17H,1-4,7H2/t14?,17-/m0/s1. The molecule has 3 aliphatic carbocycles. The van der Waals surface area contributed by atoms with Gasteiger partial charge in [0.2, 0.25) is 0 Å². The Labute approximate surface area is 146 Å². The summed E-state index contributed by atoms with van der Waals surface area (Å²) in [5.41, 5.74) is 4.52. The molecule has 0 spiro atoms. The summed E-state index contributed by atoms with van der Waals surface area (Å²) in [7, 11) is 0. The van der Waals surface area contributed by atoms with Crippen LogP contribution in [0.4, 0.5) is 0 Å². The summed E-state index contributed by atoms with van der Waals surface area (Å²) in [6.07, 6.45) is 12.5. The fraction of sp³-hybridized carbons (Fsp3) is 0.400. The topological polar surface area (TPSA) is 71.6 Å². The molecule has 2 atom stereocenters. The quantitative estimate of drug-likeness (QED) is 0.855. The van der Waals surface area contributed by atoms with Crippen LogP contribution in [0.5, 0.6) is 0 Å². The van der Waals surface area contributed by atoms with Crippen molar-refractivity contribution in [3.8, 4) is 17.2 Å². The van der Waals surface area contributed by atoms with Crippen molar-refractivity contribution >= 4 is 11.9 Å². The number of hydrogen-bond donors (Lipinski definition) is 0. The zero-order chi connectivity index (χ0) is 17.0. The van der Waals surface area contributed by atoms with Gasteiger partial charge in [0.15, 0.2) is 5.78 Å². The molecule has 0 amide bonds. The van der Waals surface area contributed by atoms with Crippen molar-refractivity contribution in [2.45, 2.75) is 44.1 Å². The highest BCUT2D eigenvalue weighted by molar-refractivity contribution is 6.12. The van der Waals surface area contributed by atoms with Gasteiger partial charge in [0.25, 0.3) is 0 Å². The molecule has 1 fully saturated rings. The lowest BCUT2D eigenvalue weighted by Gasteiger charge is -2.26. The van der Waals surface area contributed by atoms with E-state index in [1.165, 1.54) is 12.8 Å². The number of ketones is 1. The minimum atomic E-state index is -0.257. The van der Waals surface area contributed by atoms with Gasteiger partial charge in [-0.1, -0.05) is 18.9 Å². The van der Waals surface area contributed by atoms with Crippen LogP contribution in [-0.2, 0) is 0 Å². The Balaban J connectivity index is 1.68. The molecule has 3 aliphatic rings. The van der Waals surface area contributed by atoms with Gasteiger partial charge in [0.1, 0.15) is 5.69 Å². The first-order chi connectivity index (χ1) is 12.3. The van der Waals surface area contributed by atoms with Crippen molar-refractivity contribution in [1.29, 1.82) is 5.26 Å². The van der Waals surface area contributed by atoms with Gasteiger partial charge in [0.05, 0.1) is 36.3 Å². The molecule has 0 bridgehead atoms. The molecular formula is C20H18N4O.